The monoisotopic (exact) mass is 321 g/mol. The van der Waals surface area contributed by atoms with E-state index in [4.69, 9.17) is 16.2 Å². The van der Waals surface area contributed by atoms with Gasteiger partial charge < -0.3 is 16.2 Å². The van der Waals surface area contributed by atoms with Crippen molar-refractivity contribution in [3.05, 3.63) is 47.0 Å². The zero-order valence-corrected chi connectivity index (χ0v) is 11.8. The highest BCUT2D eigenvalue weighted by Crippen LogP contribution is 2.40. The molecule has 0 saturated heterocycles. The smallest absolute Gasteiger partial charge is 0.260 e. The summed E-state index contributed by atoms with van der Waals surface area (Å²) in [4.78, 5) is 16.0. The fraction of sp³-hybridized carbons (Fsp3) is 0. The lowest BCUT2D eigenvalue weighted by atomic mass is 10.2. The molecule has 0 fully saturated rings. The van der Waals surface area contributed by atoms with Gasteiger partial charge in [0, 0.05) is 6.20 Å². The average Bonchev–Trinajstić information content (AvgIpc) is 2.82. The van der Waals surface area contributed by atoms with Gasteiger partial charge >= 0.3 is 0 Å². The summed E-state index contributed by atoms with van der Waals surface area (Å²) in [6.07, 6.45) is 1.41. The second kappa shape index (κ2) is 5.23. The van der Waals surface area contributed by atoms with Crippen molar-refractivity contribution < 1.29 is 18.3 Å². The van der Waals surface area contributed by atoms with Gasteiger partial charge in [-0.1, -0.05) is 6.07 Å². The van der Waals surface area contributed by atoms with Crippen LogP contribution in [0.15, 0.2) is 30.5 Å². The quantitative estimate of drug-likeness (QED) is 0.775. The van der Waals surface area contributed by atoms with Crippen LogP contribution in [0, 0.1) is 11.6 Å². The van der Waals surface area contributed by atoms with Crippen LogP contribution < -0.4 is 16.2 Å². The van der Waals surface area contributed by atoms with Crippen molar-refractivity contribution in [3.63, 3.8) is 0 Å². The molecule has 22 heavy (non-hydrogen) atoms. The van der Waals surface area contributed by atoms with Crippen LogP contribution in [0.1, 0.15) is 9.67 Å². The second-order valence-corrected chi connectivity index (χ2v) is 5.35. The molecule has 3 rings (SSSR count). The van der Waals surface area contributed by atoms with Gasteiger partial charge in [-0.3, -0.25) is 4.79 Å². The minimum Gasteiger partial charge on any atom is -0.453 e. The van der Waals surface area contributed by atoms with Crippen molar-refractivity contribution in [3.8, 4) is 11.5 Å². The van der Waals surface area contributed by atoms with Gasteiger partial charge in [0.25, 0.3) is 5.91 Å². The van der Waals surface area contributed by atoms with Crippen molar-refractivity contribution in [2.75, 3.05) is 5.73 Å². The number of amides is 1. The number of halogens is 2. The Bertz CT molecular complexity index is 895. The normalized spacial score (nSPS) is 10.8. The van der Waals surface area contributed by atoms with E-state index in [-0.39, 0.29) is 22.1 Å². The summed E-state index contributed by atoms with van der Waals surface area (Å²) >= 11 is 1.01. The number of nitrogens with zero attached hydrogens (tertiary/aromatic N) is 1. The summed E-state index contributed by atoms with van der Waals surface area (Å²) in [6, 6.07) is 5.02. The number of carbonyl (C=O) groups is 1. The molecule has 0 unspecified atom stereocenters. The van der Waals surface area contributed by atoms with E-state index < -0.39 is 17.5 Å². The number of fused-ring (bicyclic) bond motifs is 1. The van der Waals surface area contributed by atoms with Gasteiger partial charge in [0.15, 0.2) is 11.6 Å². The average molecular weight is 321 g/mol. The Hall–Kier alpha value is -2.74. The Labute approximate surface area is 127 Å². The van der Waals surface area contributed by atoms with Crippen LogP contribution in [-0.2, 0) is 0 Å². The molecule has 0 saturated carbocycles. The Morgan fingerprint density at radius 2 is 2.00 bits per heavy atom. The number of hydrogen-bond donors (Lipinski definition) is 2. The lowest BCUT2D eigenvalue weighted by Gasteiger charge is -2.08. The standard InChI is InChI=1S/C14H9F2N3O2S/c15-6-2-1-3-8(10(6)16)21-7-4-5-19-14-9(7)11(17)12(22-14)13(18)20/h1-5H,17H2,(H2,18,20). The lowest BCUT2D eigenvalue weighted by Crippen LogP contribution is -2.10. The Balaban J connectivity index is 2.15. The van der Waals surface area contributed by atoms with E-state index in [2.05, 4.69) is 4.98 Å². The molecule has 4 N–H and O–H groups in total. The lowest BCUT2D eigenvalue weighted by molar-refractivity contribution is 0.100. The van der Waals surface area contributed by atoms with Crippen LogP contribution in [0.2, 0.25) is 0 Å². The Morgan fingerprint density at radius 1 is 1.23 bits per heavy atom. The predicted molar refractivity (Wildman–Crippen MR) is 79.0 cm³/mol. The van der Waals surface area contributed by atoms with E-state index in [0.717, 1.165) is 17.4 Å². The number of nitrogen functional groups attached to an aromatic ring is 1. The Kier molecular flexibility index (Phi) is 3.38. The van der Waals surface area contributed by atoms with Crippen molar-refractivity contribution in [2.45, 2.75) is 0 Å². The number of pyridine rings is 1. The summed E-state index contributed by atoms with van der Waals surface area (Å²) in [5, 5.41) is 0.338. The van der Waals surface area contributed by atoms with Gasteiger partial charge in [-0.2, -0.15) is 4.39 Å². The van der Waals surface area contributed by atoms with Crippen LogP contribution in [0.25, 0.3) is 10.2 Å². The summed E-state index contributed by atoms with van der Waals surface area (Å²) in [5.41, 5.74) is 11.2. The molecule has 0 aliphatic rings. The molecule has 5 nitrogen and oxygen atoms in total. The summed E-state index contributed by atoms with van der Waals surface area (Å²) in [6.45, 7) is 0. The number of hydrogen-bond acceptors (Lipinski definition) is 5. The van der Waals surface area contributed by atoms with Crippen molar-refractivity contribution in [1.82, 2.24) is 4.98 Å². The first-order chi connectivity index (χ1) is 10.5. The van der Waals surface area contributed by atoms with E-state index in [9.17, 15) is 13.6 Å². The van der Waals surface area contributed by atoms with E-state index in [1.807, 2.05) is 0 Å². The highest BCUT2D eigenvalue weighted by molar-refractivity contribution is 7.21. The first-order valence-corrected chi connectivity index (χ1v) is 6.89. The maximum absolute atomic E-state index is 13.7. The highest BCUT2D eigenvalue weighted by Gasteiger charge is 2.19. The van der Waals surface area contributed by atoms with Crippen LogP contribution in [0.3, 0.4) is 0 Å². The molecule has 2 aromatic heterocycles. The van der Waals surface area contributed by atoms with Gasteiger partial charge in [0.05, 0.1) is 11.1 Å². The van der Waals surface area contributed by atoms with Crippen molar-refractivity contribution in [1.29, 1.82) is 0 Å². The number of carbonyl (C=O) groups excluding carboxylic acids is 1. The molecule has 0 spiro atoms. The Morgan fingerprint density at radius 3 is 2.73 bits per heavy atom. The van der Waals surface area contributed by atoms with Gasteiger partial charge in [-0.15, -0.1) is 11.3 Å². The van der Waals surface area contributed by atoms with Crippen molar-refractivity contribution in [2.24, 2.45) is 5.73 Å². The molecular formula is C14H9F2N3O2S. The number of aromatic nitrogens is 1. The summed E-state index contributed by atoms with van der Waals surface area (Å²) in [7, 11) is 0. The molecule has 0 radical (unpaired) electrons. The van der Waals surface area contributed by atoms with Gasteiger partial charge in [0.1, 0.15) is 15.5 Å². The first-order valence-electron chi connectivity index (χ1n) is 6.07. The predicted octanol–water partition coefficient (Wildman–Crippen LogP) is 3.05. The SMILES string of the molecule is NC(=O)c1sc2nccc(Oc3cccc(F)c3F)c2c1N. The maximum atomic E-state index is 13.7. The molecular weight excluding hydrogens is 312 g/mol. The molecule has 112 valence electrons. The van der Waals surface area contributed by atoms with Crippen LogP contribution in [0.4, 0.5) is 14.5 Å². The van der Waals surface area contributed by atoms with Crippen LogP contribution in [-0.4, -0.2) is 10.9 Å². The zero-order chi connectivity index (χ0) is 15.9. The number of ether oxygens (including phenoxy) is 1. The largest absolute Gasteiger partial charge is 0.453 e. The number of benzene rings is 1. The number of anilines is 1. The maximum Gasteiger partial charge on any atom is 0.260 e. The van der Waals surface area contributed by atoms with Gasteiger partial charge in [0.2, 0.25) is 5.82 Å². The first kappa shape index (κ1) is 14.2. The molecule has 0 atom stereocenters. The third-order valence-corrected chi connectivity index (χ3v) is 4.08. The highest BCUT2D eigenvalue weighted by atomic mass is 32.1. The number of nitrogens with two attached hydrogens (primary N) is 2. The van der Waals surface area contributed by atoms with Crippen molar-refractivity contribution >= 4 is 33.1 Å². The number of primary amides is 1. The van der Waals surface area contributed by atoms with E-state index in [1.54, 1.807) is 0 Å². The van der Waals surface area contributed by atoms with E-state index >= 15 is 0 Å². The molecule has 8 heteroatoms. The second-order valence-electron chi connectivity index (χ2n) is 4.35. The van der Waals surface area contributed by atoms with Gasteiger partial charge in [-0.05, 0) is 18.2 Å². The molecule has 0 aliphatic carbocycles. The summed E-state index contributed by atoms with van der Waals surface area (Å²) < 4.78 is 32.3. The minimum atomic E-state index is -1.11. The molecule has 1 amide bonds. The molecule has 1 aromatic carbocycles. The van der Waals surface area contributed by atoms with E-state index in [1.165, 1.54) is 24.4 Å². The molecule has 0 bridgehead atoms. The van der Waals surface area contributed by atoms with E-state index in [0.29, 0.717) is 10.2 Å². The fourth-order valence-corrected chi connectivity index (χ4v) is 2.90. The number of rotatable bonds is 3. The fourth-order valence-electron chi connectivity index (χ4n) is 1.97. The minimum absolute atomic E-state index is 0.104. The number of thiophene rings is 1. The molecule has 0 aliphatic heterocycles. The third kappa shape index (κ3) is 2.23. The summed E-state index contributed by atoms with van der Waals surface area (Å²) in [5.74, 6) is -2.96. The molecule has 3 aromatic rings. The molecule has 2 heterocycles. The van der Waals surface area contributed by atoms with Crippen LogP contribution in [0.5, 0.6) is 11.5 Å². The topological polar surface area (TPSA) is 91.2 Å². The van der Waals surface area contributed by atoms with Gasteiger partial charge in [-0.25, -0.2) is 9.37 Å². The van der Waals surface area contributed by atoms with Crippen LogP contribution >= 0.6 is 11.3 Å². The third-order valence-electron chi connectivity index (χ3n) is 2.95. The zero-order valence-electron chi connectivity index (χ0n) is 11.0.